The van der Waals surface area contributed by atoms with Crippen LogP contribution in [-0.4, -0.2) is 14.5 Å². The lowest BCUT2D eigenvalue weighted by molar-refractivity contribution is 0.556. The third kappa shape index (κ3) is 3.82. The predicted molar refractivity (Wildman–Crippen MR) is 75.2 cm³/mol. The molecular formula is C14H23NO2S. The second-order valence-electron chi connectivity index (χ2n) is 4.81. The van der Waals surface area contributed by atoms with Crippen molar-refractivity contribution < 1.29 is 8.42 Å². The van der Waals surface area contributed by atoms with Gasteiger partial charge >= 0.3 is 0 Å². The van der Waals surface area contributed by atoms with Crippen molar-refractivity contribution in [2.24, 2.45) is 0 Å². The summed E-state index contributed by atoms with van der Waals surface area (Å²) < 4.78 is 26.7. The Morgan fingerprint density at radius 1 is 1.06 bits per heavy atom. The molecule has 102 valence electrons. The average molecular weight is 269 g/mol. The number of hydrogen-bond donors (Lipinski definition) is 1. The Balaban J connectivity index is 2.91. The summed E-state index contributed by atoms with van der Waals surface area (Å²) in [4.78, 5) is 0.342. The zero-order valence-electron chi connectivity index (χ0n) is 11.6. The van der Waals surface area contributed by atoms with Gasteiger partial charge in [-0.05, 0) is 43.4 Å². The molecule has 0 aliphatic rings. The van der Waals surface area contributed by atoms with Crippen LogP contribution in [-0.2, 0) is 10.0 Å². The van der Waals surface area contributed by atoms with Crippen LogP contribution in [0.2, 0.25) is 0 Å². The van der Waals surface area contributed by atoms with E-state index < -0.39 is 10.0 Å². The lowest BCUT2D eigenvalue weighted by atomic mass is 9.99. The zero-order valence-corrected chi connectivity index (χ0v) is 12.4. The summed E-state index contributed by atoms with van der Waals surface area (Å²) in [7, 11) is -3.37. The lowest BCUT2D eigenvalue weighted by Crippen LogP contribution is -2.31. The van der Waals surface area contributed by atoms with E-state index in [-0.39, 0.29) is 6.04 Å². The van der Waals surface area contributed by atoms with E-state index in [1.54, 1.807) is 12.1 Å². The van der Waals surface area contributed by atoms with Gasteiger partial charge in [0.2, 0.25) is 10.0 Å². The van der Waals surface area contributed by atoms with Crippen LogP contribution in [0.3, 0.4) is 0 Å². The Labute approximate surface area is 111 Å². The van der Waals surface area contributed by atoms with Gasteiger partial charge in [0.25, 0.3) is 0 Å². The molecule has 3 nitrogen and oxygen atoms in total. The Morgan fingerprint density at radius 2 is 1.61 bits per heavy atom. The van der Waals surface area contributed by atoms with Crippen molar-refractivity contribution in [3.63, 3.8) is 0 Å². The van der Waals surface area contributed by atoms with Gasteiger partial charge in [-0.3, -0.25) is 0 Å². The first-order valence-electron chi connectivity index (χ1n) is 6.53. The minimum Gasteiger partial charge on any atom is -0.208 e. The molecule has 0 amide bonds. The molecule has 2 atom stereocenters. The van der Waals surface area contributed by atoms with Crippen LogP contribution in [0.25, 0.3) is 0 Å². The highest BCUT2D eigenvalue weighted by molar-refractivity contribution is 7.89. The molecule has 0 saturated heterocycles. The molecule has 1 aromatic rings. The van der Waals surface area contributed by atoms with E-state index in [2.05, 4.69) is 18.6 Å². The van der Waals surface area contributed by atoms with Gasteiger partial charge in [0.05, 0.1) is 4.90 Å². The molecule has 0 aliphatic carbocycles. The molecule has 1 rings (SSSR count). The van der Waals surface area contributed by atoms with E-state index >= 15 is 0 Å². The molecule has 18 heavy (non-hydrogen) atoms. The maximum Gasteiger partial charge on any atom is 0.240 e. The lowest BCUT2D eigenvalue weighted by Gasteiger charge is -2.13. The van der Waals surface area contributed by atoms with Crippen LogP contribution < -0.4 is 4.72 Å². The van der Waals surface area contributed by atoms with Crippen molar-refractivity contribution in [2.45, 2.75) is 57.4 Å². The average Bonchev–Trinajstić information content (AvgIpc) is 2.37. The van der Waals surface area contributed by atoms with Gasteiger partial charge in [-0.2, -0.15) is 0 Å². The van der Waals surface area contributed by atoms with E-state index in [4.69, 9.17) is 0 Å². The first-order chi connectivity index (χ1) is 8.40. The molecule has 0 heterocycles. The molecule has 0 bridgehead atoms. The summed E-state index contributed by atoms with van der Waals surface area (Å²) in [5, 5.41) is 0. The van der Waals surface area contributed by atoms with Crippen LogP contribution in [0.15, 0.2) is 29.2 Å². The Hall–Kier alpha value is -0.870. The van der Waals surface area contributed by atoms with E-state index in [1.165, 1.54) is 5.56 Å². The maximum atomic E-state index is 12.0. The number of sulfonamides is 1. The summed E-state index contributed by atoms with van der Waals surface area (Å²) in [6.45, 7) is 8.09. The number of benzene rings is 1. The summed E-state index contributed by atoms with van der Waals surface area (Å²) in [5.74, 6) is 0.462. The smallest absolute Gasteiger partial charge is 0.208 e. The molecule has 0 fully saturated rings. The SMILES string of the molecule is CCC(C)NS(=O)(=O)c1ccc(C(C)CC)cc1. The maximum absolute atomic E-state index is 12.0. The van der Waals surface area contributed by atoms with Crippen LogP contribution >= 0.6 is 0 Å². The van der Waals surface area contributed by atoms with Gasteiger partial charge in [0, 0.05) is 6.04 Å². The minimum atomic E-state index is -3.37. The monoisotopic (exact) mass is 269 g/mol. The van der Waals surface area contributed by atoms with E-state index in [9.17, 15) is 8.42 Å². The first kappa shape index (κ1) is 15.2. The van der Waals surface area contributed by atoms with Crippen molar-refractivity contribution in [1.29, 1.82) is 0 Å². The fourth-order valence-electron chi connectivity index (χ4n) is 1.63. The molecule has 0 spiro atoms. The summed E-state index contributed by atoms with van der Waals surface area (Å²) >= 11 is 0. The number of rotatable bonds is 6. The number of nitrogens with one attached hydrogen (secondary N) is 1. The number of hydrogen-bond acceptors (Lipinski definition) is 2. The van der Waals surface area contributed by atoms with Crippen molar-refractivity contribution in [1.82, 2.24) is 4.72 Å². The van der Waals surface area contributed by atoms with Gasteiger partial charge < -0.3 is 0 Å². The second-order valence-corrected chi connectivity index (χ2v) is 6.52. The predicted octanol–water partition coefficient (Wildman–Crippen LogP) is 3.28. The highest BCUT2D eigenvalue weighted by Gasteiger charge is 2.16. The third-order valence-corrected chi connectivity index (χ3v) is 4.95. The molecule has 0 radical (unpaired) electrons. The van der Waals surface area contributed by atoms with Gasteiger partial charge in [-0.25, -0.2) is 13.1 Å². The molecule has 0 aliphatic heterocycles. The molecular weight excluding hydrogens is 246 g/mol. The summed E-state index contributed by atoms with van der Waals surface area (Å²) in [5.41, 5.74) is 1.18. The van der Waals surface area contributed by atoms with Crippen LogP contribution in [0, 0.1) is 0 Å². The van der Waals surface area contributed by atoms with Crippen molar-refractivity contribution in [3.8, 4) is 0 Å². The van der Waals surface area contributed by atoms with Gasteiger partial charge in [0.15, 0.2) is 0 Å². The zero-order chi connectivity index (χ0) is 13.8. The van der Waals surface area contributed by atoms with Crippen molar-refractivity contribution >= 4 is 10.0 Å². The van der Waals surface area contributed by atoms with Gasteiger partial charge in [0.1, 0.15) is 0 Å². The standard InChI is InChI=1S/C14H23NO2S/c1-5-11(3)13-7-9-14(10-8-13)18(16,17)15-12(4)6-2/h7-12,15H,5-6H2,1-4H3. The van der Waals surface area contributed by atoms with Crippen LogP contribution in [0.1, 0.15) is 52.0 Å². The Kier molecular flexibility index (Phi) is 5.35. The third-order valence-electron chi connectivity index (χ3n) is 3.34. The van der Waals surface area contributed by atoms with Crippen molar-refractivity contribution in [2.75, 3.05) is 0 Å². The molecule has 4 heteroatoms. The first-order valence-corrected chi connectivity index (χ1v) is 8.01. The molecule has 2 unspecified atom stereocenters. The normalized spacial score (nSPS) is 15.3. The fourth-order valence-corrected chi connectivity index (χ4v) is 2.95. The molecule has 0 saturated carbocycles. The van der Waals surface area contributed by atoms with Crippen LogP contribution in [0.5, 0.6) is 0 Å². The van der Waals surface area contributed by atoms with Crippen LogP contribution in [0.4, 0.5) is 0 Å². The summed E-state index contributed by atoms with van der Waals surface area (Å²) in [6.07, 6.45) is 1.83. The minimum absolute atomic E-state index is 0.0377. The quantitative estimate of drug-likeness (QED) is 0.861. The van der Waals surface area contributed by atoms with Gasteiger partial charge in [-0.15, -0.1) is 0 Å². The largest absolute Gasteiger partial charge is 0.240 e. The highest BCUT2D eigenvalue weighted by atomic mass is 32.2. The van der Waals surface area contributed by atoms with E-state index in [1.807, 2.05) is 26.0 Å². The fraction of sp³-hybridized carbons (Fsp3) is 0.571. The highest BCUT2D eigenvalue weighted by Crippen LogP contribution is 2.20. The Morgan fingerprint density at radius 3 is 2.06 bits per heavy atom. The molecule has 1 N–H and O–H groups in total. The van der Waals surface area contributed by atoms with E-state index in [0.717, 1.165) is 12.8 Å². The second kappa shape index (κ2) is 6.34. The topological polar surface area (TPSA) is 46.2 Å². The Bertz CT molecular complexity index is 465. The van der Waals surface area contributed by atoms with Gasteiger partial charge in [-0.1, -0.05) is 32.9 Å². The summed E-state index contributed by atoms with van der Waals surface area (Å²) in [6, 6.07) is 7.14. The molecule has 0 aromatic heterocycles. The molecule has 1 aromatic carbocycles. The van der Waals surface area contributed by atoms with E-state index in [0.29, 0.717) is 10.8 Å². The van der Waals surface area contributed by atoms with Crippen molar-refractivity contribution in [3.05, 3.63) is 29.8 Å².